The van der Waals surface area contributed by atoms with Gasteiger partial charge in [0.05, 0.1) is 11.6 Å². The first-order valence-electron chi connectivity index (χ1n) is 3.14. The second-order valence-corrected chi connectivity index (χ2v) is 2.56. The number of halogens is 3. The molecule has 1 aromatic carbocycles. The van der Waals surface area contributed by atoms with Crippen LogP contribution in [-0.4, -0.2) is 0 Å². The zero-order chi connectivity index (χ0) is 9.14. The predicted octanol–water partition coefficient (Wildman–Crippen LogP) is 2.77. The van der Waals surface area contributed by atoms with Gasteiger partial charge in [-0.3, -0.25) is 0 Å². The van der Waals surface area contributed by atoms with Crippen molar-refractivity contribution in [1.29, 1.82) is 5.26 Å². The van der Waals surface area contributed by atoms with Gasteiger partial charge >= 0.3 is 0 Å². The maximum atomic E-state index is 12.8. The van der Waals surface area contributed by atoms with Gasteiger partial charge in [0, 0.05) is 0 Å². The third-order valence-corrected chi connectivity index (χ3v) is 1.68. The minimum Gasteiger partial charge on any atom is -0.206 e. The summed E-state index contributed by atoms with van der Waals surface area (Å²) in [5.74, 6) is -1.59. The third-order valence-electron chi connectivity index (χ3n) is 1.37. The van der Waals surface area contributed by atoms with Crippen molar-refractivity contribution in [2.24, 2.45) is 0 Å². The summed E-state index contributed by atoms with van der Waals surface area (Å²) in [6.45, 7) is 0. The van der Waals surface area contributed by atoms with Crippen LogP contribution in [0.25, 0.3) is 0 Å². The van der Waals surface area contributed by atoms with Gasteiger partial charge in [-0.25, -0.2) is 8.78 Å². The highest BCUT2D eigenvalue weighted by Gasteiger charge is 2.16. The quantitative estimate of drug-likeness (QED) is 0.621. The Morgan fingerprint density at radius 3 is 2.25 bits per heavy atom. The Kier molecular flexibility index (Phi) is 2.61. The molecule has 0 aromatic heterocycles. The lowest BCUT2D eigenvalue weighted by molar-refractivity contribution is 0.561. The van der Waals surface area contributed by atoms with Crippen LogP contribution < -0.4 is 0 Å². The monoisotopic (exact) mass is 187 g/mol. The SMILES string of the molecule is N#CC(Cl)c1c(F)cccc1F. The van der Waals surface area contributed by atoms with Crippen LogP contribution in [0.2, 0.25) is 0 Å². The van der Waals surface area contributed by atoms with Crippen LogP contribution in [0, 0.1) is 23.0 Å². The van der Waals surface area contributed by atoms with Crippen LogP contribution in [0.1, 0.15) is 10.9 Å². The number of hydrogen-bond acceptors (Lipinski definition) is 1. The van der Waals surface area contributed by atoms with Crippen molar-refractivity contribution in [3.05, 3.63) is 35.4 Å². The summed E-state index contributed by atoms with van der Waals surface area (Å²) >= 11 is 5.36. The molecule has 0 saturated carbocycles. The van der Waals surface area contributed by atoms with Gasteiger partial charge in [0.2, 0.25) is 0 Å². The maximum absolute atomic E-state index is 12.8. The van der Waals surface area contributed by atoms with E-state index in [4.69, 9.17) is 16.9 Å². The van der Waals surface area contributed by atoms with Crippen LogP contribution in [0.5, 0.6) is 0 Å². The summed E-state index contributed by atoms with van der Waals surface area (Å²) in [4.78, 5) is 0. The number of hydrogen-bond donors (Lipinski definition) is 0. The number of benzene rings is 1. The molecule has 0 heterocycles. The molecule has 0 aliphatic heterocycles. The fourth-order valence-corrected chi connectivity index (χ4v) is 1.03. The molecule has 0 bridgehead atoms. The van der Waals surface area contributed by atoms with Gasteiger partial charge in [-0.05, 0) is 12.1 Å². The smallest absolute Gasteiger partial charge is 0.151 e. The van der Waals surface area contributed by atoms with Crippen LogP contribution >= 0.6 is 11.6 Å². The molecule has 0 saturated heterocycles. The van der Waals surface area contributed by atoms with Gasteiger partial charge in [-0.1, -0.05) is 6.07 Å². The second kappa shape index (κ2) is 3.51. The molecule has 1 nitrogen and oxygen atoms in total. The van der Waals surface area contributed by atoms with E-state index in [1.54, 1.807) is 6.07 Å². The molecule has 0 N–H and O–H groups in total. The normalized spacial score (nSPS) is 12.2. The van der Waals surface area contributed by atoms with Crippen molar-refractivity contribution in [3.63, 3.8) is 0 Å². The minimum absolute atomic E-state index is 0.387. The third kappa shape index (κ3) is 1.54. The van der Waals surface area contributed by atoms with Crippen LogP contribution in [-0.2, 0) is 0 Å². The van der Waals surface area contributed by atoms with Crippen molar-refractivity contribution >= 4 is 11.6 Å². The van der Waals surface area contributed by atoms with Crippen molar-refractivity contribution in [3.8, 4) is 6.07 Å². The summed E-state index contributed by atoms with van der Waals surface area (Å²) in [7, 11) is 0. The summed E-state index contributed by atoms with van der Waals surface area (Å²) in [5.41, 5.74) is -0.387. The summed E-state index contributed by atoms with van der Waals surface area (Å²) in [6, 6.07) is 4.89. The predicted molar refractivity (Wildman–Crippen MR) is 40.6 cm³/mol. The van der Waals surface area contributed by atoms with Crippen molar-refractivity contribution in [2.75, 3.05) is 0 Å². The largest absolute Gasteiger partial charge is 0.206 e. The van der Waals surface area contributed by atoms with E-state index in [0.717, 1.165) is 12.1 Å². The van der Waals surface area contributed by atoms with Crippen molar-refractivity contribution in [1.82, 2.24) is 0 Å². The van der Waals surface area contributed by atoms with Gasteiger partial charge in [0.1, 0.15) is 11.6 Å². The van der Waals surface area contributed by atoms with Gasteiger partial charge in [0.25, 0.3) is 0 Å². The Hall–Kier alpha value is -1.14. The molecule has 12 heavy (non-hydrogen) atoms. The zero-order valence-corrected chi connectivity index (χ0v) is 6.65. The zero-order valence-electron chi connectivity index (χ0n) is 5.89. The van der Waals surface area contributed by atoms with E-state index >= 15 is 0 Å². The van der Waals surface area contributed by atoms with E-state index in [1.807, 2.05) is 0 Å². The highest BCUT2D eigenvalue weighted by atomic mass is 35.5. The molecule has 0 aliphatic carbocycles. The Bertz CT molecular complexity index is 312. The Morgan fingerprint density at radius 2 is 1.83 bits per heavy atom. The highest BCUT2D eigenvalue weighted by molar-refractivity contribution is 6.22. The number of nitrogens with zero attached hydrogens (tertiary/aromatic N) is 1. The summed E-state index contributed by atoms with van der Waals surface area (Å²) < 4.78 is 25.6. The molecule has 1 aromatic rings. The Labute approximate surface area is 73.2 Å². The molecule has 0 amide bonds. The first kappa shape index (κ1) is 8.95. The molecule has 4 heteroatoms. The van der Waals surface area contributed by atoms with E-state index in [2.05, 4.69) is 0 Å². The van der Waals surface area contributed by atoms with E-state index in [9.17, 15) is 8.78 Å². The van der Waals surface area contributed by atoms with Crippen LogP contribution in [0.3, 0.4) is 0 Å². The van der Waals surface area contributed by atoms with Gasteiger partial charge in [-0.15, -0.1) is 11.6 Å². The van der Waals surface area contributed by atoms with Crippen LogP contribution in [0.4, 0.5) is 8.78 Å². The van der Waals surface area contributed by atoms with E-state index in [1.165, 1.54) is 6.07 Å². The minimum atomic E-state index is -1.27. The maximum Gasteiger partial charge on any atom is 0.151 e. The molecular weight excluding hydrogens is 184 g/mol. The first-order chi connectivity index (χ1) is 5.66. The molecular formula is C8H4ClF2N. The average molecular weight is 188 g/mol. The molecule has 0 radical (unpaired) electrons. The lowest BCUT2D eigenvalue weighted by Gasteiger charge is -2.03. The molecule has 0 fully saturated rings. The Morgan fingerprint density at radius 1 is 1.33 bits per heavy atom. The fraction of sp³-hybridized carbons (Fsp3) is 0.125. The first-order valence-corrected chi connectivity index (χ1v) is 3.58. The molecule has 1 atom stereocenters. The van der Waals surface area contributed by atoms with Gasteiger partial charge in [-0.2, -0.15) is 5.26 Å². The summed E-state index contributed by atoms with van der Waals surface area (Å²) in [5, 5.41) is 7.05. The van der Waals surface area contributed by atoms with E-state index in [0.29, 0.717) is 0 Å². The number of alkyl halides is 1. The number of nitriles is 1. The van der Waals surface area contributed by atoms with Gasteiger partial charge < -0.3 is 0 Å². The number of rotatable bonds is 1. The van der Waals surface area contributed by atoms with E-state index in [-0.39, 0.29) is 5.56 Å². The molecule has 0 aliphatic rings. The second-order valence-electron chi connectivity index (χ2n) is 2.13. The molecule has 1 rings (SSSR count). The standard InChI is InChI=1S/C8H4ClF2N/c9-5(4-12)8-6(10)2-1-3-7(8)11/h1-3,5H. The molecule has 62 valence electrons. The lowest BCUT2D eigenvalue weighted by Crippen LogP contribution is -1.96. The highest BCUT2D eigenvalue weighted by Crippen LogP contribution is 2.24. The van der Waals surface area contributed by atoms with Crippen molar-refractivity contribution in [2.45, 2.75) is 5.38 Å². The van der Waals surface area contributed by atoms with Crippen LogP contribution in [0.15, 0.2) is 18.2 Å². The molecule has 1 unspecified atom stereocenters. The summed E-state index contributed by atoms with van der Waals surface area (Å²) in [6.07, 6.45) is 0. The van der Waals surface area contributed by atoms with Crippen molar-refractivity contribution < 1.29 is 8.78 Å². The fourth-order valence-electron chi connectivity index (χ4n) is 0.817. The topological polar surface area (TPSA) is 23.8 Å². The van der Waals surface area contributed by atoms with E-state index < -0.39 is 17.0 Å². The Balaban J connectivity index is 3.23. The average Bonchev–Trinajstić information content (AvgIpc) is 2.03. The lowest BCUT2D eigenvalue weighted by atomic mass is 10.1. The van der Waals surface area contributed by atoms with Gasteiger partial charge in [0.15, 0.2) is 5.38 Å². The molecule has 0 spiro atoms.